The van der Waals surface area contributed by atoms with E-state index in [1.807, 2.05) is 18.3 Å². The summed E-state index contributed by atoms with van der Waals surface area (Å²) in [5.41, 5.74) is 1.13. The Bertz CT molecular complexity index is 273. The average Bonchev–Trinajstić information content (AvgIpc) is 2.32. The highest BCUT2D eigenvalue weighted by Gasteiger charge is 2.09. The van der Waals surface area contributed by atoms with Crippen molar-refractivity contribution in [2.24, 2.45) is 0 Å². The van der Waals surface area contributed by atoms with Crippen LogP contribution in [0.4, 0.5) is 0 Å². The molecule has 0 bridgehead atoms. The topological polar surface area (TPSA) is 25.4 Å². The van der Waals surface area contributed by atoms with Gasteiger partial charge in [-0.15, -0.1) is 0 Å². The minimum atomic E-state index is 0.478. The van der Waals surface area contributed by atoms with Crippen LogP contribution in [0, 0.1) is 0 Å². The van der Waals surface area contributed by atoms with Crippen molar-refractivity contribution >= 4 is 0 Å². The van der Waals surface area contributed by atoms with Gasteiger partial charge in [-0.3, -0.25) is 9.88 Å². The van der Waals surface area contributed by atoms with Gasteiger partial charge in [0.2, 0.25) is 0 Å². The Morgan fingerprint density at radius 2 is 2.12 bits per heavy atom. The summed E-state index contributed by atoms with van der Waals surface area (Å²) in [4.78, 5) is 6.45. The molecule has 16 heavy (non-hydrogen) atoms. The first kappa shape index (κ1) is 13.1. The van der Waals surface area contributed by atoms with E-state index in [1.54, 1.807) is 6.20 Å². The second-order valence-corrected chi connectivity index (χ2v) is 3.95. The van der Waals surface area contributed by atoms with Crippen LogP contribution in [0.25, 0.3) is 0 Å². The van der Waals surface area contributed by atoms with Crippen molar-refractivity contribution < 1.29 is 4.74 Å². The van der Waals surface area contributed by atoms with E-state index >= 15 is 0 Å². The first-order valence-corrected chi connectivity index (χ1v) is 5.98. The summed E-state index contributed by atoms with van der Waals surface area (Å²) in [6.07, 6.45) is 3.63. The van der Waals surface area contributed by atoms with E-state index in [1.165, 1.54) is 0 Å². The van der Waals surface area contributed by atoms with Crippen LogP contribution in [-0.2, 0) is 11.3 Å². The van der Waals surface area contributed by atoms with E-state index < -0.39 is 0 Å². The van der Waals surface area contributed by atoms with Gasteiger partial charge in [0.15, 0.2) is 0 Å². The molecule has 0 aliphatic rings. The molecule has 0 saturated carbocycles. The van der Waals surface area contributed by atoms with Crippen LogP contribution < -0.4 is 0 Å². The molecular formula is C13H22N2O. The third kappa shape index (κ3) is 4.29. The fourth-order valence-corrected chi connectivity index (χ4v) is 1.78. The Hall–Kier alpha value is -0.930. The molecule has 0 aliphatic heterocycles. The molecule has 1 atom stereocenters. The third-order valence-electron chi connectivity index (χ3n) is 2.79. The van der Waals surface area contributed by atoms with Crippen molar-refractivity contribution in [3.8, 4) is 0 Å². The fraction of sp³-hybridized carbons (Fsp3) is 0.615. The van der Waals surface area contributed by atoms with Gasteiger partial charge in [-0.2, -0.15) is 0 Å². The van der Waals surface area contributed by atoms with Crippen LogP contribution in [-0.4, -0.2) is 35.6 Å². The number of aromatic nitrogens is 1. The lowest BCUT2D eigenvalue weighted by Crippen LogP contribution is -2.36. The van der Waals surface area contributed by atoms with Gasteiger partial charge in [0.05, 0.1) is 13.2 Å². The first-order valence-electron chi connectivity index (χ1n) is 5.98. The fourth-order valence-electron chi connectivity index (χ4n) is 1.78. The summed E-state index contributed by atoms with van der Waals surface area (Å²) in [5, 5.41) is 0. The number of rotatable bonds is 7. The summed E-state index contributed by atoms with van der Waals surface area (Å²) < 4.78 is 5.68. The Morgan fingerprint density at radius 1 is 1.38 bits per heavy atom. The van der Waals surface area contributed by atoms with Gasteiger partial charge >= 0.3 is 0 Å². The Labute approximate surface area is 98.4 Å². The number of ether oxygens (including phenoxy) is 1. The average molecular weight is 222 g/mol. The molecule has 0 radical (unpaired) electrons. The molecule has 1 aromatic rings. The lowest BCUT2D eigenvalue weighted by molar-refractivity contribution is 0.0609. The monoisotopic (exact) mass is 222 g/mol. The van der Waals surface area contributed by atoms with Crippen LogP contribution in [0.1, 0.15) is 26.3 Å². The second kappa shape index (κ2) is 7.36. The number of pyridine rings is 1. The normalized spacial score (nSPS) is 13.0. The van der Waals surface area contributed by atoms with Gasteiger partial charge in [-0.1, -0.05) is 19.9 Å². The molecule has 0 N–H and O–H groups in total. The summed E-state index contributed by atoms with van der Waals surface area (Å²) in [6, 6.07) is 4.45. The summed E-state index contributed by atoms with van der Waals surface area (Å²) in [7, 11) is 0. The van der Waals surface area contributed by atoms with E-state index in [-0.39, 0.29) is 0 Å². The second-order valence-electron chi connectivity index (χ2n) is 3.95. The SMILES string of the molecule is CCN(CC)C(C)COCc1cccnc1. The van der Waals surface area contributed by atoms with Crippen LogP contribution in [0.5, 0.6) is 0 Å². The molecule has 90 valence electrons. The van der Waals surface area contributed by atoms with Gasteiger partial charge in [0.25, 0.3) is 0 Å². The molecule has 1 unspecified atom stereocenters. The molecule has 1 heterocycles. The number of hydrogen-bond donors (Lipinski definition) is 0. The Kier molecular flexibility index (Phi) is 6.04. The van der Waals surface area contributed by atoms with Crippen LogP contribution in [0.15, 0.2) is 24.5 Å². The van der Waals surface area contributed by atoms with Crippen LogP contribution >= 0.6 is 0 Å². The van der Waals surface area contributed by atoms with E-state index in [9.17, 15) is 0 Å². The molecule has 1 rings (SSSR count). The number of nitrogens with zero attached hydrogens (tertiary/aromatic N) is 2. The minimum absolute atomic E-state index is 0.478. The van der Waals surface area contributed by atoms with Gasteiger partial charge in [0, 0.05) is 18.4 Å². The molecule has 0 aliphatic carbocycles. The van der Waals surface area contributed by atoms with Gasteiger partial charge in [0.1, 0.15) is 0 Å². The highest BCUT2D eigenvalue weighted by molar-refractivity contribution is 5.06. The van der Waals surface area contributed by atoms with E-state index in [0.29, 0.717) is 12.6 Å². The molecule has 0 spiro atoms. The zero-order valence-electron chi connectivity index (χ0n) is 10.5. The zero-order valence-corrected chi connectivity index (χ0v) is 10.5. The largest absolute Gasteiger partial charge is 0.375 e. The van der Waals surface area contributed by atoms with Crippen LogP contribution in [0.2, 0.25) is 0 Å². The quantitative estimate of drug-likeness (QED) is 0.708. The maximum Gasteiger partial charge on any atom is 0.0732 e. The predicted octanol–water partition coefficient (Wildman–Crippen LogP) is 2.33. The molecule has 3 heteroatoms. The van der Waals surface area contributed by atoms with Gasteiger partial charge in [-0.25, -0.2) is 0 Å². The zero-order chi connectivity index (χ0) is 11.8. The molecule has 0 saturated heterocycles. The van der Waals surface area contributed by atoms with Crippen molar-refractivity contribution in [3.63, 3.8) is 0 Å². The van der Waals surface area contributed by atoms with Gasteiger partial charge < -0.3 is 4.74 Å². The smallest absolute Gasteiger partial charge is 0.0732 e. The van der Waals surface area contributed by atoms with E-state index in [0.717, 1.165) is 25.3 Å². The summed E-state index contributed by atoms with van der Waals surface area (Å²) in [6.45, 7) is 10.1. The van der Waals surface area contributed by atoms with Crippen molar-refractivity contribution in [1.82, 2.24) is 9.88 Å². The number of hydrogen-bond acceptors (Lipinski definition) is 3. The highest BCUT2D eigenvalue weighted by atomic mass is 16.5. The van der Waals surface area contributed by atoms with E-state index in [4.69, 9.17) is 4.74 Å². The maximum absolute atomic E-state index is 5.68. The standard InChI is InChI=1S/C13H22N2O/c1-4-15(5-2)12(3)10-16-11-13-7-6-8-14-9-13/h6-9,12H,4-5,10-11H2,1-3H3. The molecular weight excluding hydrogens is 200 g/mol. The van der Waals surface area contributed by atoms with Crippen molar-refractivity contribution in [2.45, 2.75) is 33.4 Å². The molecule has 3 nitrogen and oxygen atoms in total. The highest BCUT2D eigenvalue weighted by Crippen LogP contribution is 2.02. The van der Waals surface area contributed by atoms with Crippen LogP contribution in [0.3, 0.4) is 0 Å². The van der Waals surface area contributed by atoms with E-state index in [2.05, 4.69) is 30.7 Å². The summed E-state index contributed by atoms with van der Waals surface area (Å²) >= 11 is 0. The minimum Gasteiger partial charge on any atom is -0.375 e. The summed E-state index contributed by atoms with van der Waals surface area (Å²) in [5.74, 6) is 0. The lowest BCUT2D eigenvalue weighted by atomic mass is 10.3. The first-order chi connectivity index (χ1) is 7.77. The van der Waals surface area contributed by atoms with Crippen molar-refractivity contribution in [2.75, 3.05) is 19.7 Å². The Morgan fingerprint density at radius 3 is 2.69 bits per heavy atom. The maximum atomic E-state index is 5.68. The molecule has 0 aromatic carbocycles. The van der Waals surface area contributed by atoms with Gasteiger partial charge in [-0.05, 0) is 31.6 Å². The van der Waals surface area contributed by atoms with Crippen molar-refractivity contribution in [1.29, 1.82) is 0 Å². The molecule has 0 fully saturated rings. The number of likely N-dealkylation sites (N-methyl/N-ethyl adjacent to an activating group) is 1. The Balaban J connectivity index is 2.25. The molecule has 1 aromatic heterocycles. The van der Waals surface area contributed by atoms with Crippen molar-refractivity contribution in [3.05, 3.63) is 30.1 Å². The predicted molar refractivity (Wildman–Crippen MR) is 66.3 cm³/mol. The lowest BCUT2D eigenvalue weighted by Gasteiger charge is -2.25. The molecule has 0 amide bonds. The third-order valence-corrected chi connectivity index (χ3v) is 2.79.